The Morgan fingerprint density at radius 2 is 1.82 bits per heavy atom. The molecule has 0 bridgehead atoms. The lowest BCUT2D eigenvalue weighted by Gasteiger charge is -2.34. The number of hydrogen-bond acceptors (Lipinski definition) is 7. The van der Waals surface area contributed by atoms with Crippen molar-refractivity contribution in [2.75, 3.05) is 43.8 Å². The number of nitrogens with zero attached hydrogens (tertiary/aromatic N) is 5. The Balaban J connectivity index is 1.38. The molecule has 1 aromatic carbocycles. The standard InChI is InChI=1S/C26H29N7O/c1-3-32-12-14-33(15-13-32)18-22-6-5-21(16-19(22)2)26(34)29-25-17-20(10-11-28-25)4-7-23-8-9-24(27)31-30-23/h5-6,8-11,16-17H,3,12-15,18H2,1-2H3,(H2,27,31)(H,28,29,34). The van der Waals surface area contributed by atoms with Crippen LogP contribution in [0.4, 0.5) is 11.6 Å². The average Bonchev–Trinajstić information content (AvgIpc) is 2.85. The van der Waals surface area contributed by atoms with E-state index in [4.69, 9.17) is 5.73 Å². The van der Waals surface area contributed by atoms with Crippen LogP contribution in [0, 0.1) is 18.8 Å². The molecule has 0 unspecified atom stereocenters. The van der Waals surface area contributed by atoms with Crippen molar-refractivity contribution in [3.05, 3.63) is 76.6 Å². The number of nitrogen functional groups attached to an aromatic ring is 1. The minimum atomic E-state index is -0.201. The predicted octanol–water partition coefficient (Wildman–Crippen LogP) is 2.55. The summed E-state index contributed by atoms with van der Waals surface area (Å²) in [5, 5.41) is 10.6. The van der Waals surface area contributed by atoms with Crippen LogP contribution >= 0.6 is 0 Å². The van der Waals surface area contributed by atoms with E-state index in [2.05, 4.69) is 62.1 Å². The summed E-state index contributed by atoms with van der Waals surface area (Å²) in [5.41, 5.74) is 9.73. The maximum Gasteiger partial charge on any atom is 0.256 e. The topological polar surface area (TPSA) is 100 Å². The summed E-state index contributed by atoms with van der Waals surface area (Å²) in [6, 6.07) is 12.7. The van der Waals surface area contributed by atoms with Crippen LogP contribution in [0.3, 0.4) is 0 Å². The van der Waals surface area contributed by atoms with Crippen molar-refractivity contribution < 1.29 is 4.79 Å². The summed E-state index contributed by atoms with van der Waals surface area (Å²) >= 11 is 0. The van der Waals surface area contributed by atoms with E-state index in [0.29, 0.717) is 28.5 Å². The Morgan fingerprint density at radius 3 is 2.53 bits per heavy atom. The number of hydrogen-bond donors (Lipinski definition) is 2. The van der Waals surface area contributed by atoms with Gasteiger partial charge >= 0.3 is 0 Å². The fraction of sp³-hybridized carbons (Fsp3) is 0.308. The molecule has 1 fully saturated rings. The molecule has 3 heterocycles. The highest BCUT2D eigenvalue weighted by atomic mass is 16.1. The Labute approximate surface area is 200 Å². The molecule has 4 rings (SSSR count). The molecule has 8 heteroatoms. The first-order chi connectivity index (χ1) is 16.5. The average molecular weight is 456 g/mol. The van der Waals surface area contributed by atoms with Crippen molar-refractivity contribution in [3.63, 3.8) is 0 Å². The normalized spacial score (nSPS) is 14.3. The van der Waals surface area contributed by atoms with Crippen molar-refractivity contribution in [2.24, 2.45) is 0 Å². The molecule has 3 aromatic rings. The van der Waals surface area contributed by atoms with Crippen LogP contribution in [-0.2, 0) is 6.54 Å². The van der Waals surface area contributed by atoms with Crippen LogP contribution in [0.2, 0.25) is 0 Å². The van der Waals surface area contributed by atoms with E-state index in [1.807, 2.05) is 12.1 Å². The summed E-state index contributed by atoms with van der Waals surface area (Å²) in [4.78, 5) is 22.0. The number of nitrogens with one attached hydrogen (secondary N) is 1. The van der Waals surface area contributed by atoms with Crippen LogP contribution in [0.5, 0.6) is 0 Å². The Kier molecular flexibility index (Phi) is 7.48. The SMILES string of the molecule is CCN1CCN(Cc2ccc(C(=O)Nc3cc(C#Cc4ccc(N)nn4)ccn3)cc2C)CC1. The molecule has 8 nitrogen and oxygen atoms in total. The number of pyridine rings is 1. The van der Waals surface area contributed by atoms with E-state index < -0.39 is 0 Å². The van der Waals surface area contributed by atoms with Crippen molar-refractivity contribution in [1.29, 1.82) is 0 Å². The van der Waals surface area contributed by atoms with E-state index in [1.165, 1.54) is 5.56 Å². The third kappa shape index (κ3) is 6.16. The van der Waals surface area contributed by atoms with Gasteiger partial charge in [0.25, 0.3) is 5.91 Å². The van der Waals surface area contributed by atoms with Gasteiger partial charge in [-0.1, -0.05) is 18.9 Å². The third-order valence-corrected chi connectivity index (χ3v) is 5.93. The minimum absolute atomic E-state index is 0.201. The van der Waals surface area contributed by atoms with Gasteiger partial charge in [0, 0.05) is 50.0 Å². The van der Waals surface area contributed by atoms with Crippen LogP contribution in [-0.4, -0.2) is 63.6 Å². The predicted molar refractivity (Wildman–Crippen MR) is 133 cm³/mol. The number of amides is 1. The third-order valence-electron chi connectivity index (χ3n) is 5.93. The highest BCUT2D eigenvalue weighted by Crippen LogP contribution is 2.16. The number of carbonyl (C=O) groups excluding carboxylic acids is 1. The zero-order valence-corrected chi connectivity index (χ0v) is 19.6. The van der Waals surface area contributed by atoms with Gasteiger partial charge in [-0.25, -0.2) is 4.98 Å². The summed E-state index contributed by atoms with van der Waals surface area (Å²) in [6.45, 7) is 10.7. The lowest BCUT2D eigenvalue weighted by Crippen LogP contribution is -2.45. The highest BCUT2D eigenvalue weighted by Gasteiger charge is 2.17. The second-order valence-electron chi connectivity index (χ2n) is 8.33. The molecule has 2 aromatic heterocycles. The number of aromatic nitrogens is 3. The zero-order chi connectivity index (χ0) is 23.9. The Morgan fingerprint density at radius 1 is 1.03 bits per heavy atom. The van der Waals surface area contributed by atoms with Crippen LogP contribution in [0.15, 0.2) is 48.7 Å². The van der Waals surface area contributed by atoms with Gasteiger partial charge in [0.2, 0.25) is 0 Å². The highest BCUT2D eigenvalue weighted by molar-refractivity contribution is 6.04. The van der Waals surface area contributed by atoms with Crippen molar-refractivity contribution in [3.8, 4) is 11.8 Å². The monoisotopic (exact) mass is 455 g/mol. The lowest BCUT2D eigenvalue weighted by atomic mass is 10.0. The second-order valence-corrected chi connectivity index (χ2v) is 8.33. The molecule has 1 amide bonds. The van der Waals surface area contributed by atoms with Crippen molar-refractivity contribution >= 4 is 17.5 Å². The molecule has 34 heavy (non-hydrogen) atoms. The van der Waals surface area contributed by atoms with Gasteiger partial charge in [-0.2, -0.15) is 0 Å². The number of likely N-dealkylation sites (N-methyl/N-ethyl adjacent to an activating group) is 1. The quantitative estimate of drug-likeness (QED) is 0.570. The van der Waals surface area contributed by atoms with Gasteiger partial charge in [0.15, 0.2) is 0 Å². The number of carbonyl (C=O) groups is 1. The van der Waals surface area contributed by atoms with Gasteiger partial charge in [-0.05, 0) is 66.9 Å². The van der Waals surface area contributed by atoms with Gasteiger partial charge in [0.1, 0.15) is 17.3 Å². The van der Waals surface area contributed by atoms with Crippen molar-refractivity contribution in [1.82, 2.24) is 25.0 Å². The van der Waals surface area contributed by atoms with Gasteiger partial charge in [-0.15, -0.1) is 10.2 Å². The molecule has 3 N–H and O–H groups in total. The van der Waals surface area contributed by atoms with Crippen LogP contribution < -0.4 is 11.1 Å². The molecular formula is C26H29N7O. The Bertz CT molecular complexity index is 1210. The molecule has 0 saturated carbocycles. The van der Waals surface area contributed by atoms with Crippen molar-refractivity contribution in [2.45, 2.75) is 20.4 Å². The molecule has 0 atom stereocenters. The van der Waals surface area contributed by atoms with E-state index in [-0.39, 0.29) is 5.91 Å². The number of anilines is 2. The summed E-state index contributed by atoms with van der Waals surface area (Å²) in [5.74, 6) is 6.51. The number of aryl methyl sites for hydroxylation is 1. The minimum Gasteiger partial charge on any atom is -0.382 e. The van der Waals surface area contributed by atoms with E-state index in [9.17, 15) is 4.79 Å². The number of piperazine rings is 1. The molecule has 1 aliphatic heterocycles. The first-order valence-electron chi connectivity index (χ1n) is 11.4. The lowest BCUT2D eigenvalue weighted by molar-refractivity contribution is 0.102. The maximum absolute atomic E-state index is 12.8. The van der Waals surface area contributed by atoms with Crippen LogP contribution in [0.1, 0.15) is 39.7 Å². The molecule has 1 saturated heterocycles. The fourth-order valence-electron chi connectivity index (χ4n) is 3.83. The number of benzene rings is 1. The van der Waals surface area contributed by atoms with E-state index in [0.717, 1.165) is 44.8 Å². The first-order valence-corrected chi connectivity index (χ1v) is 11.4. The van der Waals surface area contributed by atoms with E-state index >= 15 is 0 Å². The number of rotatable bonds is 5. The zero-order valence-electron chi connectivity index (χ0n) is 19.6. The van der Waals surface area contributed by atoms with Crippen LogP contribution in [0.25, 0.3) is 0 Å². The molecule has 1 aliphatic rings. The Hall–Kier alpha value is -3.80. The number of nitrogens with two attached hydrogens (primary N) is 1. The molecular weight excluding hydrogens is 426 g/mol. The van der Waals surface area contributed by atoms with Gasteiger partial charge < -0.3 is 16.0 Å². The fourth-order valence-corrected chi connectivity index (χ4v) is 3.83. The van der Waals surface area contributed by atoms with Gasteiger partial charge in [0.05, 0.1) is 0 Å². The molecule has 174 valence electrons. The second kappa shape index (κ2) is 10.9. The summed E-state index contributed by atoms with van der Waals surface area (Å²) in [6.07, 6.45) is 1.61. The smallest absolute Gasteiger partial charge is 0.256 e. The molecule has 0 radical (unpaired) electrons. The molecule has 0 aliphatic carbocycles. The van der Waals surface area contributed by atoms with E-state index in [1.54, 1.807) is 30.5 Å². The maximum atomic E-state index is 12.8. The largest absolute Gasteiger partial charge is 0.382 e. The van der Waals surface area contributed by atoms with Gasteiger partial charge in [-0.3, -0.25) is 9.69 Å². The molecule has 0 spiro atoms. The summed E-state index contributed by atoms with van der Waals surface area (Å²) < 4.78 is 0. The first kappa shape index (κ1) is 23.4. The summed E-state index contributed by atoms with van der Waals surface area (Å²) in [7, 11) is 0.